The van der Waals surface area contributed by atoms with Gasteiger partial charge in [0.2, 0.25) is 4.33 Å². The Morgan fingerprint density at radius 3 is 2.64 bits per heavy atom. The van der Waals surface area contributed by atoms with Gasteiger partial charge in [0.25, 0.3) is 0 Å². The molecule has 1 aromatic rings. The number of hydrogen-bond donors (Lipinski definition) is 0. The number of ether oxygens (including phenoxy) is 1. The molecule has 0 saturated carbocycles. The third kappa shape index (κ3) is 2.92. The Kier molecular flexibility index (Phi) is 4.78. The van der Waals surface area contributed by atoms with Crippen LogP contribution in [-0.4, -0.2) is 40.2 Å². The van der Waals surface area contributed by atoms with Crippen LogP contribution in [0.1, 0.15) is 13.8 Å². The predicted octanol–water partition coefficient (Wildman–Crippen LogP) is 3.49. The molecule has 132 valence electrons. The Hall–Kier alpha value is -1.64. The highest BCUT2D eigenvalue weighted by Crippen LogP contribution is 2.58. The second kappa shape index (κ2) is 6.59. The first-order chi connectivity index (χ1) is 11.8. The summed E-state index contributed by atoms with van der Waals surface area (Å²) in [5, 5.41) is 7.16. The van der Waals surface area contributed by atoms with Crippen molar-refractivity contribution in [2.45, 2.75) is 18.2 Å². The lowest BCUT2D eigenvalue weighted by Crippen LogP contribution is -2.47. The fraction of sp³-hybridized carbons (Fsp3) is 0.312. The summed E-state index contributed by atoms with van der Waals surface area (Å²) in [5.74, 6) is -0.541. The van der Waals surface area contributed by atoms with Gasteiger partial charge < -0.3 is 9.64 Å². The Morgan fingerprint density at radius 1 is 1.32 bits per heavy atom. The molecular formula is C16H16ClN3O3S2. The summed E-state index contributed by atoms with van der Waals surface area (Å²) in [6.07, 6.45) is 0. The fourth-order valence-corrected chi connectivity index (χ4v) is 5.60. The summed E-state index contributed by atoms with van der Waals surface area (Å²) in [5.41, 5.74) is 1.49. The van der Waals surface area contributed by atoms with Crippen molar-refractivity contribution in [2.24, 2.45) is 5.10 Å². The maximum Gasteiger partial charge on any atom is 0.346 e. The van der Waals surface area contributed by atoms with Gasteiger partial charge in [-0.2, -0.15) is 5.10 Å². The molecule has 6 nitrogen and oxygen atoms in total. The second-order valence-electron chi connectivity index (χ2n) is 5.47. The van der Waals surface area contributed by atoms with Crippen LogP contribution in [0.15, 0.2) is 40.0 Å². The van der Waals surface area contributed by atoms with Crippen LogP contribution in [0, 0.1) is 0 Å². The first-order valence-corrected chi connectivity index (χ1v) is 9.37. The molecule has 2 aliphatic rings. The number of carbonyl (C=O) groups is 2. The van der Waals surface area contributed by atoms with Crippen molar-refractivity contribution >= 4 is 57.6 Å². The van der Waals surface area contributed by atoms with E-state index >= 15 is 0 Å². The van der Waals surface area contributed by atoms with Crippen molar-refractivity contribution in [3.05, 3.63) is 39.9 Å². The van der Waals surface area contributed by atoms with Crippen LogP contribution in [0.4, 0.5) is 5.69 Å². The highest BCUT2D eigenvalue weighted by Gasteiger charge is 2.56. The number of hydrazone groups is 1. The standard InChI is InChI=1S/C16H16ClN3O3S2/c1-9-13(15(22)23-4)24-16(19(9)3)20(18-14(25-16)10(2)21)12-7-5-6-11(17)8-12/h5-8H,1-4H3/t16-/m0/s1. The normalized spacial score (nSPS) is 22.7. The minimum Gasteiger partial charge on any atom is -0.465 e. The molecule has 0 aliphatic carbocycles. The molecule has 0 radical (unpaired) electrons. The molecule has 1 atom stereocenters. The quantitative estimate of drug-likeness (QED) is 0.723. The van der Waals surface area contributed by atoms with E-state index in [4.69, 9.17) is 16.3 Å². The topological polar surface area (TPSA) is 62.2 Å². The van der Waals surface area contributed by atoms with E-state index in [9.17, 15) is 9.59 Å². The van der Waals surface area contributed by atoms with Gasteiger partial charge in [0.15, 0.2) is 10.8 Å². The molecule has 0 unspecified atom stereocenters. The van der Waals surface area contributed by atoms with Crippen LogP contribution in [0.3, 0.4) is 0 Å². The zero-order valence-corrected chi connectivity index (χ0v) is 16.5. The van der Waals surface area contributed by atoms with Crippen LogP contribution in [0.5, 0.6) is 0 Å². The monoisotopic (exact) mass is 397 g/mol. The fourth-order valence-electron chi connectivity index (χ4n) is 2.51. The highest BCUT2D eigenvalue weighted by atomic mass is 35.5. The van der Waals surface area contributed by atoms with Gasteiger partial charge in [-0.25, -0.2) is 9.80 Å². The predicted molar refractivity (Wildman–Crippen MR) is 102 cm³/mol. The molecule has 3 rings (SSSR count). The summed E-state index contributed by atoms with van der Waals surface area (Å²) in [6, 6.07) is 7.22. The minimum absolute atomic E-state index is 0.132. The van der Waals surface area contributed by atoms with Crippen molar-refractivity contribution in [3.8, 4) is 0 Å². The van der Waals surface area contributed by atoms with Gasteiger partial charge in [-0.05, 0) is 36.9 Å². The van der Waals surface area contributed by atoms with E-state index in [1.165, 1.54) is 37.6 Å². The smallest absolute Gasteiger partial charge is 0.346 e. The van der Waals surface area contributed by atoms with Crippen LogP contribution < -0.4 is 5.01 Å². The number of anilines is 1. The third-order valence-corrected chi connectivity index (χ3v) is 7.29. The van der Waals surface area contributed by atoms with Gasteiger partial charge in [0, 0.05) is 24.7 Å². The SMILES string of the molecule is COC(=O)C1=C(C)N(C)[C@@]2(SC(C(C)=O)=NN2c2cccc(Cl)c2)S1. The highest BCUT2D eigenvalue weighted by molar-refractivity contribution is 8.28. The van der Waals surface area contributed by atoms with E-state index < -0.39 is 10.3 Å². The number of esters is 1. The third-order valence-electron chi connectivity index (χ3n) is 3.90. The number of methoxy groups -OCH3 is 1. The number of halogens is 1. The van der Waals surface area contributed by atoms with Gasteiger partial charge >= 0.3 is 5.97 Å². The van der Waals surface area contributed by atoms with E-state index in [2.05, 4.69) is 5.10 Å². The molecule has 0 aromatic heterocycles. The number of Topliss-reactive ketones (excluding diaryl/α,β-unsaturated/α-hetero) is 1. The van der Waals surface area contributed by atoms with Gasteiger partial charge in [0.1, 0.15) is 4.91 Å². The zero-order chi connectivity index (χ0) is 18.4. The molecular weight excluding hydrogens is 382 g/mol. The Labute approximate surface area is 159 Å². The maximum atomic E-state index is 12.1. The molecule has 0 fully saturated rings. The van der Waals surface area contributed by atoms with Crippen LogP contribution >= 0.6 is 35.1 Å². The lowest BCUT2D eigenvalue weighted by atomic mass is 10.3. The Morgan fingerprint density at radius 2 is 2.04 bits per heavy atom. The summed E-state index contributed by atoms with van der Waals surface area (Å²) >= 11 is 8.74. The number of allylic oxidation sites excluding steroid dienone is 1. The lowest BCUT2D eigenvalue weighted by Gasteiger charge is -2.39. The largest absolute Gasteiger partial charge is 0.465 e. The number of rotatable bonds is 3. The van der Waals surface area contributed by atoms with Crippen molar-refractivity contribution in [1.29, 1.82) is 0 Å². The van der Waals surface area contributed by atoms with Crippen molar-refractivity contribution in [1.82, 2.24) is 4.90 Å². The number of nitrogens with zero attached hydrogens (tertiary/aromatic N) is 3. The van der Waals surface area contributed by atoms with E-state index in [1.807, 2.05) is 31.0 Å². The summed E-state index contributed by atoms with van der Waals surface area (Å²) in [7, 11) is 3.21. The lowest BCUT2D eigenvalue weighted by molar-refractivity contribution is -0.135. The van der Waals surface area contributed by atoms with Gasteiger partial charge in [0.05, 0.1) is 12.8 Å². The first-order valence-electron chi connectivity index (χ1n) is 7.36. The van der Waals surface area contributed by atoms with Crippen molar-refractivity contribution < 1.29 is 14.3 Å². The van der Waals surface area contributed by atoms with Gasteiger partial charge in [-0.15, -0.1) is 0 Å². The molecule has 2 heterocycles. The zero-order valence-electron chi connectivity index (χ0n) is 14.1. The van der Waals surface area contributed by atoms with E-state index in [0.717, 1.165) is 11.4 Å². The summed E-state index contributed by atoms with van der Waals surface area (Å²) in [6.45, 7) is 3.32. The van der Waals surface area contributed by atoms with E-state index in [1.54, 1.807) is 17.1 Å². The molecule has 9 heteroatoms. The number of thioether (sulfide) groups is 2. The number of carbonyl (C=O) groups excluding carboxylic acids is 2. The van der Waals surface area contributed by atoms with Crippen molar-refractivity contribution in [2.75, 3.05) is 19.2 Å². The average molecular weight is 398 g/mol. The van der Waals surface area contributed by atoms with Gasteiger partial charge in [-0.3, -0.25) is 4.79 Å². The molecule has 0 amide bonds. The molecule has 25 heavy (non-hydrogen) atoms. The molecule has 1 spiro atoms. The minimum atomic E-state index is -0.820. The first kappa shape index (κ1) is 18.2. The number of benzene rings is 1. The number of ketones is 1. The Bertz CT molecular complexity index is 827. The number of hydrogen-bond acceptors (Lipinski definition) is 8. The summed E-state index contributed by atoms with van der Waals surface area (Å²) < 4.78 is 4.07. The Balaban J connectivity index is 2.08. The van der Waals surface area contributed by atoms with Gasteiger partial charge in [-0.1, -0.05) is 29.4 Å². The van der Waals surface area contributed by atoms with Crippen LogP contribution in [0.25, 0.3) is 0 Å². The molecule has 2 aliphatic heterocycles. The van der Waals surface area contributed by atoms with Crippen LogP contribution in [0.2, 0.25) is 5.02 Å². The molecule has 1 aromatic carbocycles. The second-order valence-corrected chi connectivity index (χ2v) is 8.51. The average Bonchev–Trinajstić information content (AvgIpc) is 3.09. The van der Waals surface area contributed by atoms with E-state index in [-0.39, 0.29) is 5.78 Å². The molecule has 0 bridgehead atoms. The van der Waals surface area contributed by atoms with Crippen LogP contribution in [-0.2, 0) is 14.3 Å². The molecule has 0 saturated heterocycles. The molecule has 0 N–H and O–H groups in total. The maximum absolute atomic E-state index is 12.1. The summed E-state index contributed by atoms with van der Waals surface area (Å²) in [4.78, 5) is 26.5. The van der Waals surface area contributed by atoms with E-state index in [0.29, 0.717) is 15.0 Å². The van der Waals surface area contributed by atoms with Crippen molar-refractivity contribution in [3.63, 3.8) is 0 Å².